The van der Waals surface area contributed by atoms with Crippen LogP contribution in [0, 0.1) is 7.14 Å². The monoisotopic (exact) mass is 685 g/mol. The van der Waals surface area contributed by atoms with Gasteiger partial charge in [0.15, 0.2) is 0 Å². The van der Waals surface area contributed by atoms with Crippen LogP contribution < -0.4 is 0 Å². The summed E-state index contributed by atoms with van der Waals surface area (Å²) >= 11 is 7.99. The highest BCUT2D eigenvalue weighted by molar-refractivity contribution is 14.2. The van der Waals surface area contributed by atoms with E-state index in [0.717, 1.165) is 12.7 Å². The minimum absolute atomic E-state index is 0.252. The van der Waals surface area contributed by atoms with Gasteiger partial charge in [-0.15, -0.1) is 0 Å². The van der Waals surface area contributed by atoms with E-state index in [2.05, 4.69) is 0 Å². The van der Waals surface area contributed by atoms with Crippen LogP contribution in [0.25, 0.3) is 0 Å². The van der Waals surface area contributed by atoms with Crippen molar-refractivity contribution in [3.63, 3.8) is 0 Å². The van der Waals surface area contributed by atoms with Crippen LogP contribution in [0.5, 0.6) is 5.75 Å². The van der Waals surface area contributed by atoms with E-state index in [1.54, 1.807) is 1.33 Å². The molecule has 17 heavy (non-hydrogen) atoms. The lowest BCUT2D eigenvalue weighted by atomic mass is 10.1. The highest BCUT2D eigenvalue weighted by Crippen LogP contribution is 2.29. The molecule has 1 atom stereocenters. The van der Waals surface area contributed by atoms with Crippen LogP contribution in [0.4, 0.5) is 0 Å². The van der Waals surface area contributed by atoms with Gasteiger partial charge in [-0.1, -0.05) is 0 Å². The molecule has 0 amide bonds. The fourth-order valence-corrected chi connectivity index (χ4v) is 3.97. The van der Waals surface area contributed by atoms with Crippen molar-refractivity contribution in [2.45, 2.75) is 12.5 Å². The second-order valence-corrected chi connectivity index (χ2v) is 9.47. The molecular formula is C9H7I4NO3. The molecule has 0 unspecified atom stereocenters. The summed E-state index contributed by atoms with van der Waals surface area (Å²) in [6.45, 7) is 0. The summed E-state index contributed by atoms with van der Waals surface area (Å²) < 4.78 is 3.09. The first-order chi connectivity index (χ1) is 7.82. The number of halogens is 4. The standard InChI is InChI=1S/C9H7I4NO3/c10-5-1-4(2-6(11)8(5)15)3-7(9(16)17)14(12)13/h1-2,7,15H,3H2,(H,16,17)/t7-/m0/s1. The maximum atomic E-state index is 11.1. The Bertz CT molecular complexity index is 415. The van der Waals surface area contributed by atoms with Gasteiger partial charge >= 0.3 is 5.97 Å². The molecule has 0 aliphatic rings. The van der Waals surface area contributed by atoms with Crippen LogP contribution >= 0.6 is 90.9 Å². The molecule has 0 fully saturated rings. The average Bonchev–Trinajstić information content (AvgIpc) is 2.21. The van der Waals surface area contributed by atoms with Gasteiger partial charge in [-0.05, 0) is 62.9 Å². The predicted molar refractivity (Wildman–Crippen MR) is 98.5 cm³/mol. The number of phenols is 1. The largest absolute Gasteiger partial charge is 0.506 e. The van der Waals surface area contributed by atoms with Crippen LogP contribution in [-0.2, 0) is 11.2 Å². The lowest BCUT2D eigenvalue weighted by Gasteiger charge is -2.16. The number of hydrogen-bond acceptors (Lipinski definition) is 3. The van der Waals surface area contributed by atoms with Crippen molar-refractivity contribution in [2.75, 3.05) is 0 Å². The van der Waals surface area contributed by atoms with Crippen LogP contribution in [0.3, 0.4) is 0 Å². The van der Waals surface area contributed by atoms with E-state index in [9.17, 15) is 9.90 Å². The number of carboxylic acid groups (broad SMARTS) is 1. The van der Waals surface area contributed by atoms with Gasteiger partial charge in [0.05, 0.1) is 7.14 Å². The Kier molecular flexibility index (Phi) is 6.99. The number of nitrogens with zero attached hydrogens (tertiary/aromatic N) is 1. The number of rotatable bonds is 4. The topological polar surface area (TPSA) is 60.8 Å². The Morgan fingerprint density at radius 1 is 1.29 bits per heavy atom. The molecule has 0 aliphatic heterocycles. The third kappa shape index (κ3) is 4.76. The number of aliphatic carboxylic acids is 1. The van der Waals surface area contributed by atoms with Gasteiger partial charge in [-0.3, -0.25) is 4.79 Å². The number of carboxylic acids is 1. The number of benzene rings is 1. The molecule has 0 spiro atoms. The van der Waals surface area contributed by atoms with Crippen molar-refractivity contribution in [1.82, 2.24) is 1.33 Å². The molecule has 1 aromatic rings. The highest BCUT2D eigenvalue weighted by atomic mass is 127. The predicted octanol–water partition coefficient (Wildman–Crippen LogP) is 3.60. The van der Waals surface area contributed by atoms with Crippen LogP contribution in [0.1, 0.15) is 5.56 Å². The molecule has 94 valence electrons. The van der Waals surface area contributed by atoms with E-state index < -0.39 is 12.0 Å². The van der Waals surface area contributed by atoms with Gasteiger partial charge in [-0.25, -0.2) is 0 Å². The zero-order valence-electron chi connectivity index (χ0n) is 8.20. The van der Waals surface area contributed by atoms with Gasteiger partial charge in [0.25, 0.3) is 0 Å². The van der Waals surface area contributed by atoms with Gasteiger partial charge < -0.3 is 10.2 Å². The minimum atomic E-state index is -0.855. The summed E-state index contributed by atoms with van der Waals surface area (Å²) in [6, 6.07) is 3.04. The summed E-state index contributed by atoms with van der Waals surface area (Å²) in [5, 5.41) is 18.7. The smallest absolute Gasteiger partial charge is 0.322 e. The fraction of sp³-hybridized carbons (Fsp3) is 0.222. The second-order valence-electron chi connectivity index (χ2n) is 3.23. The molecule has 8 heteroatoms. The Balaban J connectivity index is 2.98. The van der Waals surface area contributed by atoms with Crippen LogP contribution in [0.15, 0.2) is 12.1 Å². The summed E-state index contributed by atoms with van der Waals surface area (Å²) in [7, 11) is 0. The Labute approximate surface area is 154 Å². The molecule has 0 heterocycles. The van der Waals surface area contributed by atoms with Crippen molar-refractivity contribution in [2.24, 2.45) is 0 Å². The number of carbonyl (C=O) groups is 1. The van der Waals surface area contributed by atoms with Gasteiger partial charge in [-0.2, -0.15) is 1.33 Å². The zero-order valence-corrected chi connectivity index (χ0v) is 16.8. The zero-order chi connectivity index (χ0) is 13.2. The summed E-state index contributed by atoms with van der Waals surface area (Å²) in [6.07, 6.45) is 0.410. The lowest BCUT2D eigenvalue weighted by Crippen LogP contribution is -2.30. The van der Waals surface area contributed by atoms with E-state index >= 15 is 0 Å². The minimum Gasteiger partial charge on any atom is -0.506 e. The molecule has 0 saturated heterocycles. The third-order valence-electron chi connectivity index (χ3n) is 2.03. The Hall–Kier alpha value is 1.37. The van der Waals surface area contributed by atoms with Crippen LogP contribution in [-0.4, -0.2) is 23.6 Å². The molecule has 0 aromatic heterocycles. The van der Waals surface area contributed by atoms with Gasteiger partial charge in [0.1, 0.15) is 11.8 Å². The van der Waals surface area contributed by atoms with E-state index in [4.69, 9.17) is 5.11 Å². The molecule has 0 radical (unpaired) electrons. The SMILES string of the molecule is O=C(O)[C@H](Cc1cc(I)c(O)c(I)c1)N(I)I. The van der Waals surface area contributed by atoms with Crippen molar-refractivity contribution in [1.29, 1.82) is 0 Å². The van der Waals surface area contributed by atoms with Gasteiger partial charge in [0, 0.05) is 52.1 Å². The molecule has 0 bridgehead atoms. The molecule has 2 N–H and O–H groups in total. The molecule has 1 rings (SSSR count). The highest BCUT2D eigenvalue weighted by Gasteiger charge is 2.23. The van der Waals surface area contributed by atoms with Gasteiger partial charge in [0.2, 0.25) is 0 Å². The number of hydrogen-bond donors (Lipinski definition) is 2. The van der Waals surface area contributed by atoms with Crippen molar-refractivity contribution in [3.05, 3.63) is 24.8 Å². The lowest BCUT2D eigenvalue weighted by molar-refractivity contribution is -0.139. The second kappa shape index (κ2) is 7.23. The average molecular weight is 685 g/mol. The Morgan fingerprint density at radius 3 is 2.12 bits per heavy atom. The first kappa shape index (κ1) is 16.4. The first-order valence-corrected chi connectivity index (χ1v) is 8.42. The number of aromatic hydroxyl groups is 1. The first-order valence-electron chi connectivity index (χ1n) is 4.33. The van der Waals surface area contributed by atoms with E-state index in [1.165, 1.54) is 0 Å². The Morgan fingerprint density at radius 2 is 1.76 bits per heavy atom. The quantitative estimate of drug-likeness (QED) is 0.376. The van der Waals surface area contributed by atoms with E-state index in [1.807, 2.05) is 103 Å². The van der Waals surface area contributed by atoms with E-state index in [0.29, 0.717) is 6.42 Å². The fourth-order valence-electron chi connectivity index (χ4n) is 1.20. The van der Waals surface area contributed by atoms with Crippen molar-refractivity contribution >= 4 is 96.9 Å². The van der Waals surface area contributed by atoms with E-state index in [-0.39, 0.29) is 5.75 Å². The molecular weight excluding hydrogens is 678 g/mol. The summed E-state index contributed by atoms with van der Waals surface area (Å²) in [5.41, 5.74) is 0.905. The normalized spacial score (nSPS) is 12.8. The van der Waals surface area contributed by atoms with Crippen molar-refractivity contribution < 1.29 is 15.0 Å². The summed E-state index contributed by atoms with van der Waals surface area (Å²) in [5.74, 6) is -0.602. The molecule has 4 nitrogen and oxygen atoms in total. The molecule has 0 aliphatic carbocycles. The van der Waals surface area contributed by atoms with Crippen molar-refractivity contribution in [3.8, 4) is 5.75 Å². The number of phenolic OH excluding ortho intramolecular Hbond substituents is 1. The maximum Gasteiger partial charge on any atom is 0.322 e. The summed E-state index contributed by atoms with van der Waals surface area (Å²) in [4.78, 5) is 11.1. The maximum absolute atomic E-state index is 11.1. The molecule has 1 aromatic carbocycles. The van der Waals surface area contributed by atoms with Crippen LogP contribution in [0.2, 0.25) is 0 Å². The third-order valence-corrected chi connectivity index (χ3v) is 5.02. The molecule has 0 saturated carbocycles.